The Morgan fingerprint density at radius 3 is 3.00 bits per heavy atom. The summed E-state index contributed by atoms with van der Waals surface area (Å²) in [6.07, 6.45) is 1.63. The highest BCUT2D eigenvalue weighted by molar-refractivity contribution is 6.29. The van der Waals surface area contributed by atoms with Crippen molar-refractivity contribution in [3.63, 3.8) is 0 Å². The zero-order chi connectivity index (χ0) is 14.5. The molecule has 2 rings (SSSR count). The minimum absolute atomic E-state index is 0.265. The van der Waals surface area contributed by atoms with Crippen LogP contribution in [0.25, 0.3) is 5.82 Å². The molecule has 2 aromatic heterocycles. The summed E-state index contributed by atoms with van der Waals surface area (Å²) in [5.41, 5.74) is 0.300. The van der Waals surface area contributed by atoms with E-state index in [1.165, 1.54) is 4.68 Å². The third-order valence-corrected chi connectivity index (χ3v) is 2.64. The first-order valence-corrected chi connectivity index (χ1v) is 6.41. The average Bonchev–Trinajstić information content (AvgIpc) is 2.93. The van der Waals surface area contributed by atoms with Gasteiger partial charge in [-0.25, -0.2) is 14.6 Å². The summed E-state index contributed by atoms with van der Waals surface area (Å²) in [5.74, 6) is 0.680. The van der Waals surface area contributed by atoms with Crippen LogP contribution in [0.3, 0.4) is 0 Å². The molecule has 20 heavy (non-hydrogen) atoms. The van der Waals surface area contributed by atoms with E-state index in [0.29, 0.717) is 29.1 Å². The van der Waals surface area contributed by atoms with Gasteiger partial charge in [-0.2, -0.15) is 5.10 Å². The van der Waals surface area contributed by atoms with Gasteiger partial charge in [-0.1, -0.05) is 11.6 Å². The Morgan fingerprint density at radius 1 is 1.50 bits per heavy atom. The number of carbonyl (C=O) groups excluding carboxylic acids is 1. The van der Waals surface area contributed by atoms with Crippen LogP contribution in [0.1, 0.15) is 23.2 Å². The minimum Gasteiger partial charge on any atom is -0.374 e. The summed E-state index contributed by atoms with van der Waals surface area (Å²) in [4.78, 5) is 19.8. The number of rotatable bonds is 5. The van der Waals surface area contributed by atoms with Gasteiger partial charge in [-0.3, -0.25) is 4.79 Å². The largest absolute Gasteiger partial charge is 0.374 e. The van der Waals surface area contributed by atoms with Gasteiger partial charge in [0.05, 0.1) is 0 Å². The molecule has 0 saturated carbocycles. The smallest absolute Gasteiger partial charge is 0.271 e. The molecular weight excluding hydrogens is 282 g/mol. The molecule has 0 saturated heterocycles. The second-order valence-electron chi connectivity index (χ2n) is 3.83. The summed E-state index contributed by atoms with van der Waals surface area (Å²) >= 11 is 5.95. The number of hydrogen-bond acceptors (Lipinski definition) is 5. The van der Waals surface area contributed by atoms with Gasteiger partial charge in [0.15, 0.2) is 17.3 Å². The average molecular weight is 296 g/mol. The summed E-state index contributed by atoms with van der Waals surface area (Å²) in [7, 11) is 1.54. The number of carbonyl (C=O) groups is 1. The number of aromatic nitrogens is 4. The summed E-state index contributed by atoms with van der Waals surface area (Å²) in [6, 6.07) is 3.16. The standard InChI is InChI=1S/C12H14ClN5O2/c1-3-20-7-10-15-9(13)6-11(16-10)18-5-4-8(17-18)12(19)14-2/h4-6H,3,7H2,1-2H3,(H,14,19). The normalized spacial score (nSPS) is 10.6. The second-order valence-corrected chi connectivity index (χ2v) is 4.21. The Bertz CT molecular complexity index is 614. The summed E-state index contributed by atoms with van der Waals surface area (Å²) < 4.78 is 6.71. The fraction of sp³-hybridized carbons (Fsp3) is 0.333. The van der Waals surface area contributed by atoms with Crippen LogP contribution >= 0.6 is 11.6 Å². The molecule has 2 heterocycles. The molecule has 7 nitrogen and oxygen atoms in total. The Hall–Kier alpha value is -1.99. The molecule has 0 fully saturated rings. The van der Waals surface area contributed by atoms with Gasteiger partial charge >= 0.3 is 0 Å². The van der Waals surface area contributed by atoms with Crippen molar-refractivity contribution >= 4 is 17.5 Å². The van der Waals surface area contributed by atoms with Gasteiger partial charge < -0.3 is 10.1 Å². The first kappa shape index (κ1) is 14.4. The van der Waals surface area contributed by atoms with E-state index in [1.807, 2.05) is 6.92 Å². The molecule has 0 atom stereocenters. The lowest BCUT2D eigenvalue weighted by Crippen LogP contribution is -2.18. The molecule has 0 aliphatic heterocycles. The highest BCUT2D eigenvalue weighted by Gasteiger charge is 2.10. The van der Waals surface area contributed by atoms with Crippen molar-refractivity contribution in [1.29, 1.82) is 0 Å². The van der Waals surface area contributed by atoms with Crippen LogP contribution in [0.4, 0.5) is 0 Å². The van der Waals surface area contributed by atoms with E-state index in [9.17, 15) is 4.79 Å². The Kier molecular flexibility index (Phi) is 4.65. The molecule has 0 aromatic carbocycles. The summed E-state index contributed by atoms with van der Waals surface area (Å²) in [6.45, 7) is 2.72. The van der Waals surface area contributed by atoms with Gasteiger partial charge in [0.1, 0.15) is 11.8 Å². The quantitative estimate of drug-likeness (QED) is 0.839. The Balaban J connectivity index is 2.29. The van der Waals surface area contributed by atoms with E-state index in [1.54, 1.807) is 25.4 Å². The molecule has 1 amide bonds. The number of nitrogens with zero attached hydrogens (tertiary/aromatic N) is 4. The van der Waals surface area contributed by atoms with Crippen LogP contribution in [-0.2, 0) is 11.3 Å². The van der Waals surface area contributed by atoms with Gasteiger partial charge in [0, 0.05) is 25.9 Å². The molecular formula is C12H14ClN5O2. The highest BCUT2D eigenvalue weighted by atomic mass is 35.5. The van der Waals surface area contributed by atoms with Crippen molar-refractivity contribution in [3.8, 4) is 5.82 Å². The van der Waals surface area contributed by atoms with E-state index in [0.717, 1.165) is 0 Å². The topological polar surface area (TPSA) is 81.9 Å². The van der Waals surface area contributed by atoms with Crippen molar-refractivity contribution in [2.75, 3.05) is 13.7 Å². The van der Waals surface area contributed by atoms with Gasteiger partial charge in [0.2, 0.25) is 0 Å². The van der Waals surface area contributed by atoms with E-state index in [2.05, 4.69) is 20.4 Å². The maximum Gasteiger partial charge on any atom is 0.271 e. The molecule has 0 spiro atoms. The maximum absolute atomic E-state index is 11.5. The first-order chi connectivity index (χ1) is 9.63. The fourth-order valence-corrected chi connectivity index (χ4v) is 1.72. The van der Waals surface area contributed by atoms with Crippen LogP contribution in [0.5, 0.6) is 0 Å². The van der Waals surface area contributed by atoms with E-state index >= 15 is 0 Å². The molecule has 1 N–H and O–H groups in total. The van der Waals surface area contributed by atoms with Crippen LogP contribution < -0.4 is 5.32 Å². The summed E-state index contributed by atoms with van der Waals surface area (Å²) in [5, 5.41) is 6.93. The Morgan fingerprint density at radius 2 is 2.30 bits per heavy atom. The third-order valence-electron chi connectivity index (χ3n) is 2.45. The lowest BCUT2D eigenvalue weighted by atomic mass is 10.4. The predicted molar refractivity (Wildman–Crippen MR) is 72.9 cm³/mol. The molecule has 0 radical (unpaired) electrons. The number of nitrogens with one attached hydrogen (secondary N) is 1. The lowest BCUT2D eigenvalue weighted by Gasteiger charge is -2.05. The molecule has 2 aromatic rings. The van der Waals surface area contributed by atoms with Crippen LogP contribution in [0.15, 0.2) is 18.3 Å². The second kappa shape index (κ2) is 6.44. The predicted octanol–water partition coefficient (Wildman–Crippen LogP) is 1.21. The molecule has 106 valence electrons. The number of halogens is 1. The van der Waals surface area contributed by atoms with Crippen LogP contribution in [0.2, 0.25) is 5.15 Å². The van der Waals surface area contributed by atoms with E-state index in [-0.39, 0.29) is 12.5 Å². The number of hydrogen-bond donors (Lipinski definition) is 1. The van der Waals surface area contributed by atoms with Crippen molar-refractivity contribution in [2.24, 2.45) is 0 Å². The molecule has 0 bridgehead atoms. The Labute approximate surface area is 120 Å². The molecule has 8 heteroatoms. The zero-order valence-electron chi connectivity index (χ0n) is 11.1. The van der Waals surface area contributed by atoms with Crippen molar-refractivity contribution < 1.29 is 9.53 Å². The fourth-order valence-electron chi connectivity index (χ4n) is 1.53. The first-order valence-electron chi connectivity index (χ1n) is 6.03. The number of ether oxygens (including phenoxy) is 1. The molecule has 0 aliphatic rings. The lowest BCUT2D eigenvalue weighted by molar-refractivity contribution is 0.0957. The number of amides is 1. The van der Waals surface area contributed by atoms with Gasteiger partial charge in [-0.05, 0) is 13.0 Å². The van der Waals surface area contributed by atoms with Crippen molar-refractivity contribution in [1.82, 2.24) is 25.1 Å². The van der Waals surface area contributed by atoms with E-state index < -0.39 is 0 Å². The molecule has 0 unspecified atom stereocenters. The highest BCUT2D eigenvalue weighted by Crippen LogP contribution is 2.12. The van der Waals surface area contributed by atoms with Crippen LogP contribution in [0, 0.1) is 0 Å². The SMILES string of the molecule is CCOCc1nc(Cl)cc(-n2ccc(C(=O)NC)n2)n1. The third kappa shape index (κ3) is 3.31. The maximum atomic E-state index is 11.5. The monoisotopic (exact) mass is 295 g/mol. The van der Waals surface area contributed by atoms with Gasteiger partial charge in [0.25, 0.3) is 5.91 Å². The van der Waals surface area contributed by atoms with Gasteiger partial charge in [-0.15, -0.1) is 0 Å². The van der Waals surface area contributed by atoms with E-state index in [4.69, 9.17) is 16.3 Å². The van der Waals surface area contributed by atoms with Crippen molar-refractivity contribution in [2.45, 2.75) is 13.5 Å². The zero-order valence-corrected chi connectivity index (χ0v) is 11.9. The minimum atomic E-state index is -0.265. The van der Waals surface area contributed by atoms with Crippen LogP contribution in [-0.4, -0.2) is 39.3 Å². The molecule has 0 aliphatic carbocycles. The van der Waals surface area contributed by atoms with Crippen molar-refractivity contribution in [3.05, 3.63) is 35.0 Å².